The molecule has 0 heterocycles. The number of rotatable bonds is 8. The van der Waals surface area contributed by atoms with Gasteiger partial charge >= 0.3 is 0 Å². The number of para-hydroxylation sites is 2. The van der Waals surface area contributed by atoms with Gasteiger partial charge in [-0.15, -0.1) is 0 Å². The van der Waals surface area contributed by atoms with Crippen LogP contribution in [0, 0.1) is 10.1 Å². The van der Waals surface area contributed by atoms with Gasteiger partial charge in [0, 0.05) is 22.7 Å². The third kappa shape index (κ3) is 5.30. The van der Waals surface area contributed by atoms with Crippen molar-refractivity contribution in [2.75, 3.05) is 17.3 Å². The number of nitrogens with one attached hydrogen (secondary N) is 2. The maximum atomic E-state index is 13.1. The number of nitrogens with zero attached hydrogens (tertiary/aromatic N) is 2. The highest BCUT2D eigenvalue weighted by molar-refractivity contribution is 7.93. The number of hydrogen-bond donors (Lipinski definition) is 2. The van der Waals surface area contributed by atoms with Gasteiger partial charge < -0.3 is 4.74 Å². The van der Waals surface area contributed by atoms with Crippen molar-refractivity contribution in [3.63, 3.8) is 0 Å². The number of nitro benzene ring substituents is 1. The molecule has 0 fully saturated rings. The molecule has 0 saturated carbocycles. The van der Waals surface area contributed by atoms with Gasteiger partial charge in [0.25, 0.3) is 15.7 Å². The summed E-state index contributed by atoms with van der Waals surface area (Å²) in [7, 11) is -2.83. The van der Waals surface area contributed by atoms with E-state index >= 15 is 0 Å². The summed E-state index contributed by atoms with van der Waals surface area (Å²) in [5.74, 6) is 0.294. The second-order valence-corrected chi connectivity index (χ2v) is 8.19. The summed E-state index contributed by atoms with van der Waals surface area (Å²) in [4.78, 5) is 10.2. The van der Waals surface area contributed by atoms with Gasteiger partial charge in [-0.2, -0.15) is 5.10 Å². The first kappa shape index (κ1) is 22.1. The van der Waals surface area contributed by atoms with E-state index < -0.39 is 14.9 Å². The predicted octanol–water partition coefficient (Wildman–Crippen LogP) is 4.50. The van der Waals surface area contributed by atoms with Crippen LogP contribution >= 0.6 is 11.6 Å². The summed E-state index contributed by atoms with van der Waals surface area (Å²) in [5, 5.41) is 15.7. The summed E-state index contributed by atoms with van der Waals surface area (Å²) in [5.41, 5.74) is 3.05. The molecule has 0 radical (unpaired) electrons. The van der Waals surface area contributed by atoms with E-state index in [1.54, 1.807) is 42.5 Å². The summed E-state index contributed by atoms with van der Waals surface area (Å²) >= 11 is 6.07. The molecule has 0 bridgehead atoms. The van der Waals surface area contributed by atoms with Crippen LogP contribution in [0.15, 0.2) is 76.7 Å². The number of methoxy groups -OCH3 is 1. The molecule has 0 unspecified atom stereocenters. The average Bonchev–Trinajstić information content (AvgIpc) is 2.75. The fourth-order valence-electron chi connectivity index (χ4n) is 2.62. The quantitative estimate of drug-likeness (QED) is 0.290. The molecule has 3 rings (SSSR count). The Balaban J connectivity index is 1.98. The van der Waals surface area contributed by atoms with Gasteiger partial charge in [0.05, 0.1) is 29.6 Å². The molecule has 0 atom stereocenters. The minimum absolute atomic E-state index is 0.0382. The number of non-ortho nitro benzene ring substituents is 1. The second-order valence-electron chi connectivity index (χ2n) is 6.13. The van der Waals surface area contributed by atoms with Crippen LogP contribution < -0.4 is 14.9 Å². The van der Waals surface area contributed by atoms with Crippen molar-refractivity contribution in [2.24, 2.45) is 5.10 Å². The van der Waals surface area contributed by atoms with E-state index in [0.717, 1.165) is 6.07 Å². The zero-order valence-corrected chi connectivity index (χ0v) is 17.7. The van der Waals surface area contributed by atoms with E-state index in [0.29, 0.717) is 16.3 Å². The molecule has 0 aliphatic heterocycles. The molecule has 3 aromatic rings. The first-order valence-electron chi connectivity index (χ1n) is 8.79. The molecule has 11 heteroatoms. The predicted molar refractivity (Wildman–Crippen MR) is 120 cm³/mol. The van der Waals surface area contributed by atoms with Crippen LogP contribution in [-0.2, 0) is 10.0 Å². The number of hydrogen-bond acceptors (Lipinski definition) is 7. The molecule has 31 heavy (non-hydrogen) atoms. The molecule has 3 aromatic carbocycles. The lowest BCUT2D eigenvalue weighted by Gasteiger charge is -2.14. The third-order valence-electron chi connectivity index (χ3n) is 4.11. The summed E-state index contributed by atoms with van der Waals surface area (Å²) in [6.45, 7) is 0. The summed E-state index contributed by atoms with van der Waals surface area (Å²) in [6.07, 6.45) is 1.41. The standard InChI is InChI=1S/C20H17ClN4O5S/c1-30-19-9-5-4-8-17(19)24-31(28,29)20-12-15(25(26)27)10-11-18(20)23-22-13-14-6-2-3-7-16(14)21/h2-13,23-24H,1H3. The minimum atomic E-state index is -4.23. The fraction of sp³-hybridized carbons (Fsp3) is 0.0500. The largest absolute Gasteiger partial charge is 0.495 e. The van der Waals surface area contributed by atoms with Crippen molar-refractivity contribution >= 4 is 44.9 Å². The Morgan fingerprint density at radius 1 is 1.06 bits per heavy atom. The fourth-order valence-corrected chi connectivity index (χ4v) is 4.05. The Labute approximate surface area is 183 Å². The van der Waals surface area contributed by atoms with Crippen LogP contribution in [0.4, 0.5) is 17.1 Å². The van der Waals surface area contributed by atoms with Gasteiger partial charge in [-0.1, -0.05) is 41.9 Å². The van der Waals surface area contributed by atoms with Crippen molar-refractivity contribution in [1.29, 1.82) is 0 Å². The number of halogens is 1. The first-order valence-corrected chi connectivity index (χ1v) is 10.7. The monoisotopic (exact) mass is 460 g/mol. The maximum Gasteiger partial charge on any atom is 0.270 e. The normalized spacial score (nSPS) is 11.3. The van der Waals surface area contributed by atoms with Gasteiger partial charge in [0.1, 0.15) is 10.6 Å². The smallest absolute Gasteiger partial charge is 0.270 e. The average molecular weight is 461 g/mol. The maximum absolute atomic E-state index is 13.1. The highest BCUT2D eigenvalue weighted by Crippen LogP contribution is 2.31. The van der Waals surface area contributed by atoms with Crippen molar-refractivity contribution in [3.8, 4) is 5.75 Å². The van der Waals surface area contributed by atoms with E-state index in [2.05, 4.69) is 15.2 Å². The topological polar surface area (TPSA) is 123 Å². The summed E-state index contributed by atoms with van der Waals surface area (Å²) in [6, 6.07) is 16.7. The van der Waals surface area contributed by atoms with Crippen LogP contribution in [0.3, 0.4) is 0 Å². The van der Waals surface area contributed by atoms with Crippen molar-refractivity contribution in [1.82, 2.24) is 0 Å². The van der Waals surface area contributed by atoms with Gasteiger partial charge in [-0.25, -0.2) is 8.42 Å². The highest BCUT2D eigenvalue weighted by Gasteiger charge is 2.23. The molecular formula is C20H17ClN4O5S. The number of hydrazone groups is 1. The molecule has 0 saturated heterocycles. The van der Waals surface area contributed by atoms with E-state index in [-0.39, 0.29) is 22.0 Å². The Kier molecular flexibility index (Phi) is 6.73. The lowest BCUT2D eigenvalue weighted by Crippen LogP contribution is -2.15. The SMILES string of the molecule is COc1ccccc1NS(=O)(=O)c1cc([N+](=O)[O-])ccc1NN=Cc1ccccc1Cl. The van der Waals surface area contributed by atoms with Crippen molar-refractivity contribution in [3.05, 3.63) is 87.4 Å². The van der Waals surface area contributed by atoms with Crippen LogP contribution in [0.25, 0.3) is 0 Å². The lowest BCUT2D eigenvalue weighted by molar-refractivity contribution is -0.385. The van der Waals surface area contributed by atoms with Crippen LogP contribution in [0.2, 0.25) is 5.02 Å². The molecule has 0 amide bonds. The lowest BCUT2D eigenvalue weighted by atomic mass is 10.2. The number of sulfonamides is 1. The van der Waals surface area contributed by atoms with E-state index in [4.69, 9.17) is 16.3 Å². The van der Waals surface area contributed by atoms with Crippen LogP contribution in [0.1, 0.15) is 5.56 Å². The molecule has 160 valence electrons. The van der Waals surface area contributed by atoms with Gasteiger partial charge in [0.15, 0.2) is 0 Å². The van der Waals surface area contributed by atoms with Crippen LogP contribution in [0.5, 0.6) is 5.75 Å². The Morgan fingerprint density at radius 3 is 2.48 bits per heavy atom. The third-order valence-corrected chi connectivity index (χ3v) is 5.86. The molecule has 9 nitrogen and oxygen atoms in total. The Bertz CT molecular complexity index is 1250. The molecule has 0 spiro atoms. The minimum Gasteiger partial charge on any atom is -0.495 e. The van der Waals surface area contributed by atoms with Gasteiger partial charge in [-0.05, 0) is 24.3 Å². The van der Waals surface area contributed by atoms with Gasteiger partial charge in [0.2, 0.25) is 0 Å². The zero-order chi connectivity index (χ0) is 22.4. The molecule has 0 aliphatic rings. The molecule has 0 aromatic heterocycles. The molecule has 2 N–H and O–H groups in total. The number of ether oxygens (including phenoxy) is 1. The second kappa shape index (κ2) is 9.45. The number of benzene rings is 3. The van der Waals surface area contributed by atoms with E-state index in [1.807, 2.05) is 0 Å². The van der Waals surface area contributed by atoms with Crippen molar-refractivity contribution in [2.45, 2.75) is 4.90 Å². The first-order chi connectivity index (χ1) is 14.8. The van der Waals surface area contributed by atoms with E-state index in [1.165, 1.54) is 31.5 Å². The summed E-state index contributed by atoms with van der Waals surface area (Å²) < 4.78 is 33.6. The Morgan fingerprint density at radius 2 is 1.77 bits per heavy atom. The highest BCUT2D eigenvalue weighted by atomic mass is 35.5. The van der Waals surface area contributed by atoms with Crippen LogP contribution in [-0.4, -0.2) is 26.7 Å². The molecule has 0 aliphatic carbocycles. The Hall–Kier alpha value is -3.63. The molecular weight excluding hydrogens is 444 g/mol. The number of anilines is 2. The zero-order valence-electron chi connectivity index (χ0n) is 16.2. The number of nitro groups is 1. The van der Waals surface area contributed by atoms with Crippen molar-refractivity contribution < 1.29 is 18.1 Å². The van der Waals surface area contributed by atoms with E-state index in [9.17, 15) is 18.5 Å². The van der Waals surface area contributed by atoms with Gasteiger partial charge in [-0.3, -0.25) is 20.3 Å².